The van der Waals surface area contributed by atoms with Crippen LogP contribution in [0.25, 0.3) is 0 Å². The molecule has 0 heterocycles. The highest BCUT2D eigenvalue weighted by Gasteiger charge is 2.64. The standard InChI is InChI=1S/C27H36O3.C20H24O2/c1-4-27(30-18(2)28)16-14-25-24-11-9-19-17-21(29-20-7-5-6-8-20)10-12-22(19)23(24)13-15-26(25,27)3;1-3-20(22)11-9-18-17-6-4-13-12-14(21)5-7-15(13)16(17)8-10-19(18,20)2/h1,9,17,20,22-25H,5-8,10-16H2,2-3H3;1,5,7,12,16-18,21-22H,4,6,8-11H2,2H3/t22-,23-,24+,25-,26-,27+;16-,17-,18+,19+,20?/m01/s1. The number of aromatic hydroxyl groups is 1. The summed E-state index contributed by atoms with van der Waals surface area (Å²) in [6.45, 7) is 6.01. The molecule has 2 N–H and O–H groups in total. The van der Waals surface area contributed by atoms with Crippen molar-refractivity contribution in [2.24, 2.45) is 46.3 Å². The molecule has 0 amide bonds. The van der Waals surface area contributed by atoms with Crippen LogP contribution in [0.1, 0.15) is 141 Å². The minimum absolute atomic E-state index is 0.0961. The number of ether oxygens (including phenoxy) is 2. The molecule has 0 saturated heterocycles. The second-order valence-corrected chi connectivity index (χ2v) is 18.5. The third kappa shape index (κ3) is 5.58. The molecule has 1 aromatic carbocycles. The highest BCUT2D eigenvalue weighted by molar-refractivity contribution is 5.67. The maximum Gasteiger partial charge on any atom is 0.304 e. The monoisotopic (exact) mass is 704 g/mol. The number of phenolic OH excluding ortho intramolecular Hbond substituents is 1. The van der Waals surface area contributed by atoms with Gasteiger partial charge in [-0.3, -0.25) is 4.79 Å². The topological polar surface area (TPSA) is 76.0 Å². The molecular formula is C47H60O5. The third-order valence-electron chi connectivity index (χ3n) is 16.5. The minimum atomic E-state index is -0.919. The molecule has 52 heavy (non-hydrogen) atoms. The predicted octanol–water partition coefficient (Wildman–Crippen LogP) is 9.56. The smallest absolute Gasteiger partial charge is 0.304 e. The summed E-state index contributed by atoms with van der Waals surface area (Å²) >= 11 is 0. The van der Waals surface area contributed by atoms with Gasteiger partial charge in [0.25, 0.3) is 0 Å². The molecular weight excluding hydrogens is 645 g/mol. The van der Waals surface area contributed by atoms with Gasteiger partial charge in [-0.25, -0.2) is 0 Å². The van der Waals surface area contributed by atoms with Crippen LogP contribution < -0.4 is 0 Å². The van der Waals surface area contributed by atoms with Crippen LogP contribution in [-0.4, -0.2) is 33.5 Å². The molecule has 0 radical (unpaired) electrons. The van der Waals surface area contributed by atoms with Crippen LogP contribution in [-0.2, 0) is 20.7 Å². The molecule has 0 spiro atoms. The van der Waals surface area contributed by atoms with Crippen LogP contribution in [0.3, 0.4) is 0 Å². The zero-order chi connectivity index (χ0) is 36.5. The molecule has 0 aromatic heterocycles. The van der Waals surface area contributed by atoms with E-state index in [9.17, 15) is 15.0 Å². The molecule has 1 aromatic rings. The Kier molecular flexibility index (Phi) is 9.17. The molecule has 11 atom stereocenters. The van der Waals surface area contributed by atoms with E-state index < -0.39 is 11.2 Å². The van der Waals surface area contributed by atoms with E-state index in [0.717, 1.165) is 76.5 Å². The van der Waals surface area contributed by atoms with Gasteiger partial charge >= 0.3 is 5.97 Å². The lowest BCUT2D eigenvalue weighted by atomic mass is 9.51. The Labute approximate surface area is 312 Å². The summed E-state index contributed by atoms with van der Waals surface area (Å²) in [6.07, 6.45) is 35.8. The number of allylic oxidation sites excluding steroid dienone is 4. The first-order chi connectivity index (χ1) is 24.9. The molecule has 0 aliphatic heterocycles. The molecule has 5 fully saturated rings. The summed E-state index contributed by atoms with van der Waals surface area (Å²) in [5.74, 6) is 11.4. The van der Waals surface area contributed by atoms with Crippen molar-refractivity contribution in [1.82, 2.24) is 0 Å². The predicted molar refractivity (Wildman–Crippen MR) is 204 cm³/mol. The van der Waals surface area contributed by atoms with Gasteiger partial charge in [-0.15, -0.1) is 12.8 Å². The molecule has 8 aliphatic carbocycles. The number of phenols is 1. The maximum atomic E-state index is 11.9. The van der Waals surface area contributed by atoms with E-state index in [1.165, 1.54) is 67.9 Å². The van der Waals surface area contributed by atoms with Crippen LogP contribution in [0.5, 0.6) is 5.75 Å². The zero-order valence-electron chi connectivity index (χ0n) is 31.8. The van der Waals surface area contributed by atoms with Crippen LogP contribution in [0, 0.1) is 71.0 Å². The van der Waals surface area contributed by atoms with Gasteiger partial charge in [0, 0.05) is 24.2 Å². The SMILES string of the molecule is C#CC1(O)CC[C@H]2[C@@H]3CCc4cc(O)ccc4[C@H]3CC[C@@]21C.C#C[C@@]1(OC(C)=O)CC[C@H]2[C@@H]3CC=C4C=C(OC5CCCC5)CC[C@@H]4[C@@H]3CC[C@@]21C. The van der Waals surface area contributed by atoms with Crippen molar-refractivity contribution in [2.75, 3.05) is 0 Å². The second kappa shape index (κ2) is 13.3. The molecule has 5 heteroatoms. The molecule has 0 bridgehead atoms. The van der Waals surface area contributed by atoms with E-state index >= 15 is 0 Å². The van der Waals surface area contributed by atoms with Gasteiger partial charge in [-0.1, -0.05) is 37.8 Å². The van der Waals surface area contributed by atoms with E-state index in [4.69, 9.17) is 22.3 Å². The Balaban J connectivity index is 0.000000156. The largest absolute Gasteiger partial charge is 0.508 e. The average molecular weight is 705 g/mol. The number of terminal acetylenes is 2. The van der Waals surface area contributed by atoms with Crippen LogP contribution in [0.4, 0.5) is 0 Å². The van der Waals surface area contributed by atoms with E-state index in [1.807, 2.05) is 12.1 Å². The number of benzene rings is 1. The number of aliphatic hydroxyl groups is 1. The van der Waals surface area contributed by atoms with Crippen molar-refractivity contribution in [2.45, 2.75) is 153 Å². The first kappa shape index (κ1) is 35.9. The second-order valence-electron chi connectivity index (χ2n) is 18.5. The lowest BCUT2D eigenvalue weighted by Crippen LogP contribution is -2.53. The van der Waals surface area contributed by atoms with Gasteiger partial charge in [0.1, 0.15) is 11.4 Å². The molecule has 9 rings (SSSR count). The summed E-state index contributed by atoms with van der Waals surface area (Å²) in [5.41, 5.74) is 2.41. The van der Waals surface area contributed by atoms with Crippen molar-refractivity contribution in [1.29, 1.82) is 0 Å². The first-order valence-electron chi connectivity index (χ1n) is 20.7. The van der Waals surface area contributed by atoms with E-state index in [0.29, 0.717) is 47.4 Å². The van der Waals surface area contributed by atoms with Crippen molar-refractivity contribution in [3.05, 3.63) is 52.8 Å². The van der Waals surface area contributed by atoms with Gasteiger partial charge in [0.2, 0.25) is 0 Å². The third-order valence-corrected chi connectivity index (χ3v) is 16.5. The van der Waals surface area contributed by atoms with Gasteiger partial charge < -0.3 is 19.7 Å². The number of fused-ring (bicyclic) bond motifs is 10. The number of rotatable bonds is 3. The fraction of sp³-hybridized carbons (Fsp3) is 0.681. The Morgan fingerprint density at radius 1 is 0.827 bits per heavy atom. The number of hydrogen-bond acceptors (Lipinski definition) is 5. The molecule has 5 nitrogen and oxygen atoms in total. The number of esters is 1. The number of carbonyl (C=O) groups excluding carboxylic acids is 1. The summed E-state index contributed by atoms with van der Waals surface area (Å²) in [6, 6.07) is 5.87. The van der Waals surface area contributed by atoms with Crippen molar-refractivity contribution in [3.8, 4) is 30.4 Å². The highest BCUT2D eigenvalue weighted by Crippen LogP contribution is 2.66. The molecule has 278 valence electrons. The Hall–Kier alpha value is -3.15. The molecule has 8 aliphatic rings. The van der Waals surface area contributed by atoms with Gasteiger partial charge in [-0.05, 0) is 179 Å². The van der Waals surface area contributed by atoms with Crippen LogP contribution in [0.2, 0.25) is 0 Å². The first-order valence-corrected chi connectivity index (χ1v) is 20.7. The summed E-state index contributed by atoms with van der Waals surface area (Å²) in [4.78, 5) is 11.9. The normalized spacial score (nSPS) is 42.8. The number of carbonyl (C=O) groups is 1. The fourth-order valence-electron chi connectivity index (χ4n) is 13.7. The van der Waals surface area contributed by atoms with E-state index in [-0.39, 0.29) is 16.8 Å². The summed E-state index contributed by atoms with van der Waals surface area (Å²) in [5, 5.41) is 20.6. The Bertz CT molecular complexity index is 1720. The van der Waals surface area contributed by atoms with Crippen molar-refractivity contribution >= 4 is 5.97 Å². The quantitative estimate of drug-likeness (QED) is 0.242. The zero-order valence-corrected chi connectivity index (χ0v) is 31.8. The lowest BCUT2D eigenvalue weighted by molar-refractivity contribution is -0.167. The summed E-state index contributed by atoms with van der Waals surface area (Å²) in [7, 11) is 0. The summed E-state index contributed by atoms with van der Waals surface area (Å²) < 4.78 is 12.2. The molecule has 5 saturated carbocycles. The lowest BCUT2D eigenvalue weighted by Gasteiger charge is -2.54. The van der Waals surface area contributed by atoms with Crippen molar-refractivity contribution in [3.63, 3.8) is 0 Å². The van der Waals surface area contributed by atoms with Crippen LogP contribution >= 0.6 is 0 Å². The van der Waals surface area contributed by atoms with Gasteiger partial charge in [0.15, 0.2) is 5.60 Å². The number of aryl methyl sites for hydroxylation is 1. The van der Waals surface area contributed by atoms with Crippen LogP contribution in [0.15, 0.2) is 41.7 Å². The minimum Gasteiger partial charge on any atom is -0.508 e. The fourth-order valence-corrected chi connectivity index (χ4v) is 13.7. The molecule has 1 unspecified atom stereocenters. The number of hydrogen-bond donors (Lipinski definition) is 2. The van der Waals surface area contributed by atoms with Gasteiger partial charge in [-0.2, -0.15) is 0 Å². The Morgan fingerprint density at radius 3 is 2.33 bits per heavy atom. The Morgan fingerprint density at radius 2 is 1.58 bits per heavy atom. The highest BCUT2D eigenvalue weighted by atomic mass is 16.6. The van der Waals surface area contributed by atoms with E-state index in [2.05, 4.69) is 43.9 Å². The van der Waals surface area contributed by atoms with Gasteiger partial charge in [0.05, 0.1) is 11.9 Å². The maximum absolute atomic E-state index is 11.9. The van der Waals surface area contributed by atoms with E-state index in [1.54, 1.807) is 0 Å². The average Bonchev–Trinajstić information content (AvgIpc) is 3.83. The van der Waals surface area contributed by atoms with Crippen molar-refractivity contribution < 1.29 is 24.5 Å².